The maximum atomic E-state index is 13.3. The van der Waals surface area contributed by atoms with Crippen LogP contribution in [0.3, 0.4) is 0 Å². The lowest BCUT2D eigenvalue weighted by molar-refractivity contribution is -0.199. The minimum Gasteiger partial charge on any atom is -0.504 e. The molecule has 6 nitrogen and oxygen atoms in total. The van der Waals surface area contributed by atoms with Gasteiger partial charge in [-0.2, -0.15) is 0 Å². The normalized spacial score (nSPS) is 32.6. The SMILES string of the molecule is CN(C(=O)C#Cc1ccc(CF)cc1)[C@@H]1CC[C@@]2(O)[C@H]3Cc4ccc(O)c5c4[C@@]2(CCN3CC2CC2)[C@H]1O5. The first-order valence-corrected chi connectivity index (χ1v) is 13.8. The number of halogens is 1. The van der Waals surface area contributed by atoms with Crippen molar-refractivity contribution in [1.29, 1.82) is 0 Å². The van der Waals surface area contributed by atoms with E-state index in [0.717, 1.165) is 43.0 Å². The molecule has 3 aliphatic carbocycles. The number of amides is 1. The maximum absolute atomic E-state index is 13.3. The van der Waals surface area contributed by atoms with E-state index in [2.05, 4.69) is 16.7 Å². The third-order valence-electron chi connectivity index (χ3n) is 9.97. The van der Waals surface area contributed by atoms with Crippen molar-refractivity contribution in [2.45, 2.75) is 74.4 Å². The number of alkyl halides is 1. The first-order chi connectivity index (χ1) is 18.4. The van der Waals surface area contributed by atoms with Crippen molar-refractivity contribution in [3.8, 4) is 23.3 Å². The summed E-state index contributed by atoms with van der Waals surface area (Å²) in [6.07, 6.45) is 4.70. The van der Waals surface area contributed by atoms with E-state index in [9.17, 15) is 19.4 Å². The molecule has 2 heterocycles. The van der Waals surface area contributed by atoms with Gasteiger partial charge in [0.25, 0.3) is 5.91 Å². The fourth-order valence-electron chi connectivity index (χ4n) is 7.89. The molecule has 2 aromatic rings. The van der Waals surface area contributed by atoms with Gasteiger partial charge in [0.1, 0.15) is 12.8 Å². The fourth-order valence-corrected chi connectivity index (χ4v) is 7.89. The minimum atomic E-state index is -0.985. The van der Waals surface area contributed by atoms with E-state index in [-0.39, 0.29) is 23.7 Å². The third kappa shape index (κ3) is 3.29. The number of aromatic hydroxyl groups is 1. The summed E-state index contributed by atoms with van der Waals surface area (Å²) >= 11 is 0. The molecule has 5 aliphatic rings. The lowest BCUT2D eigenvalue weighted by atomic mass is 9.48. The van der Waals surface area contributed by atoms with Gasteiger partial charge in [-0.05, 0) is 80.3 Å². The summed E-state index contributed by atoms with van der Waals surface area (Å²) in [5, 5.41) is 23.4. The van der Waals surface area contributed by atoms with Gasteiger partial charge < -0.3 is 19.8 Å². The Morgan fingerprint density at radius 3 is 2.71 bits per heavy atom. The van der Waals surface area contributed by atoms with Gasteiger partial charge in [0.15, 0.2) is 11.5 Å². The highest BCUT2D eigenvalue weighted by Crippen LogP contribution is 2.66. The zero-order chi connectivity index (χ0) is 26.2. The molecule has 0 unspecified atom stereocenters. The number of likely N-dealkylation sites (tertiary alicyclic amines) is 1. The second-order valence-electron chi connectivity index (χ2n) is 11.9. The maximum Gasteiger partial charge on any atom is 0.298 e. The number of phenolic OH excluding ortho intramolecular Hbond substituents is 1. The molecule has 1 saturated heterocycles. The molecular weight excluding hydrogens is 483 g/mol. The van der Waals surface area contributed by atoms with Gasteiger partial charge in [-0.1, -0.05) is 24.1 Å². The van der Waals surface area contributed by atoms with Crippen molar-refractivity contribution in [3.63, 3.8) is 0 Å². The number of carbonyl (C=O) groups excluding carboxylic acids is 1. The molecule has 0 aromatic heterocycles. The fraction of sp³-hybridized carbons (Fsp3) is 0.516. The van der Waals surface area contributed by atoms with Crippen LogP contribution in [0.1, 0.15) is 54.4 Å². The number of hydrogen-bond donors (Lipinski definition) is 2. The molecule has 2 aromatic carbocycles. The molecule has 5 atom stereocenters. The summed E-state index contributed by atoms with van der Waals surface area (Å²) in [6.45, 7) is 1.36. The van der Waals surface area contributed by atoms with Crippen LogP contribution in [0.15, 0.2) is 36.4 Å². The van der Waals surface area contributed by atoms with Gasteiger partial charge in [0.2, 0.25) is 0 Å². The molecule has 198 valence electrons. The Morgan fingerprint density at radius 2 is 1.97 bits per heavy atom. The third-order valence-corrected chi connectivity index (χ3v) is 9.97. The molecule has 7 rings (SSSR count). The molecule has 7 heteroatoms. The number of benzene rings is 2. The predicted molar refractivity (Wildman–Crippen MR) is 139 cm³/mol. The van der Waals surface area contributed by atoms with Gasteiger partial charge in [-0.15, -0.1) is 0 Å². The van der Waals surface area contributed by atoms with Crippen molar-refractivity contribution >= 4 is 5.91 Å². The van der Waals surface area contributed by atoms with E-state index in [4.69, 9.17) is 4.74 Å². The smallest absolute Gasteiger partial charge is 0.298 e. The highest BCUT2D eigenvalue weighted by atomic mass is 19.1. The van der Waals surface area contributed by atoms with E-state index >= 15 is 0 Å². The molecule has 2 bridgehead atoms. The number of phenols is 1. The molecule has 2 N–H and O–H groups in total. The molecule has 3 fully saturated rings. The van der Waals surface area contributed by atoms with Crippen LogP contribution in [0.2, 0.25) is 0 Å². The van der Waals surface area contributed by atoms with E-state index in [1.807, 2.05) is 6.07 Å². The summed E-state index contributed by atoms with van der Waals surface area (Å²) in [6, 6.07) is 10.2. The highest BCUT2D eigenvalue weighted by Gasteiger charge is 2.73. The molecular formula is C31H33FN2O4. The second kappa shape index (κ2) is 8.46. The first kappa shape index (κ1) is 24.0. The second-order valence-corrected chi connectivity index (χ2v) is 11.9. The number of piperidine rings is 1. The average Bonchev–Trinajstić information content (AvgIpc) is 3.67. The van der Waals surface area contributed by atoms with Gasteiger partial charge in [-0.3, -0.25) is 9.69 Å². The van der Waals surface area contributed by atoms with Crippen LogP contribution in [-0.2, 0) is 23.3 Å². The Labute approximate surface area is 222 Å². The number of carbonyl (C=O) groups is 1. The van der Waals surface area contributed by atoms with Crippen molar-refractivity contribution in [2.75, 3.05) is 20.1 Å². The quantitative estimate of drug-likeness (QED) is 0.611. The predicted octanol–water partition coefficient (Wildman–Crippen LogP) is 3.30. The number of likely N-dealkylation sites (N-methyl/N-ethyl adjacent to an activating group) is 1. The van der Waals surface area contributed by atoms with Crippen molar-refractivity contribution in [3.05, 3.63) is 58.7 Å². The van der Waals surface area contributed by atoms with Gasteiger partial charge in [0.05, 0.1) is 17.1 Å². The number of hydrogen-bond acceptors (Lipinski definition) is 5. The Morgan fingerprint density at radius 1 is 1.18 bits per heavy atom. The molecule has 38 heavy (non-hydrogen) atoms. The first-order valence-electron chi connectivity index (χ1n) is 13.8. The average molecular weight is 517 g/mol. The Bertz CT molecular complexity index is 1360. The summed E-state index contributed by atoms with van der Waals surface area (Å²) < 4.78 is 19.4. The molecule has 0 radical (unpaired) electrons. The summed E-state index contributed by atoms with van der Waals surface area (Å²) in [5.41, 5.74) is 1.66. The van der Waals surface area contributed by atoms with Crippen LogP contribution in [0.25, 0.3) is 0 Å². The number of nitrogens with zero attached hydrogens (tertiary/aromatic N) is 2. The minimum absolute atomic E-state index is 0.0000142. The van der Waals surface area contributed by atoms with Crippen LogP contribution >= 0.6 is 0 Å². The van der Waals surface area contributed by atoms with E-state index in [1.54, 1.807) is 42.3 Å². The highest BCUT2D eigenvalue weighted by molar-refractivity contribution is 5.94. The largest absolute Gasteiger partial charge is 0.504 e. The van der Waals surface area contributed by atoms with Crippen LogP contribution < -0.4 is 4.74 Å². The molecule has 2 aliphatic heterocycles. The van der Waals surface area contributed by atoms with Gasteiger partial charge >= 0.3 is 0 Å². The zero-order valence-electron chi connectivity index (χ0n) is 21.6. The monoisotopic (exact) mass is 516 g/mol. The summed E-state index contributed by atoms with van der Waals surface area (Å²) in [5.74, 6) is 6.64. The van der Waals surface area contributed by atoms with Crippen molar-refractivity contribution in [2.24, 2.45) is 5.92 Å². The summed E-state index contributed by atoms with van der Waals surface area (Å²) in [7, 11) is 1.75. The Balaban J connectivity index is 1.23. The van der Waals surface area contributed by atoms with Crippen LogP contribution in [0.4, 0.5) is 4.39 Å². The summed E-state index contributed by atoms with van der Waals surface area (Å²) in [4.78, 5) is 17.4. The van der Waals surface area contributed by atoms with E-state index in [0.29, 0.717) is 29.7 Å². The van der Waals surface area contributed by atoms with Crippen molar-refractivity contribution in [1.82, 2.24) is 9.80 Å². The Hall–Kier alpha value is -3.08. The lowest BCUT2D eigenvalue weighted by Crippen LogP contribution is -2.78. The molecule has 2 saturated carbocycles. The molecule has 1 amide bonds. The Kier molecular flexibility index (Phi) is 5.34. The van der Waals surface area contributed by atoms with Crippen molar-refractivity contribution < 1.29 is 24.1 Å². The van der Waals surface area contributed by atoms with E-state index in [1.165, 1.54) is 12.8 Å². The van der Waals surface area contributed by atoms with Crippen LogP contribution in [-0.4, -0.2) is 69.8 Å². The standard InChI is InChI=1S/C31H33FN2O4/c1-33(26(36)11-8-19-2-4-20(17-32)5-3-19)23-12-13-31(37)25-16-22-9-10-24(35)28-27(22)30(31,29(23)38-28)14-15-34(25)18-21-6-7-21/h2-5,9-10,21,23,25,29,35,37H,6-7,12-18H2,1H3/t23-,25-,29+,30+,31-/m1/s1. The lowest BCUT2D eigenvalue weighted by Gasteiger charge is -2.64. The molecule has 1 spiro atoms. The van der Waals surface area contributed by atoms with Gasteiger partial charge in [0, 0.05) is 36.7 Å². The number of aliphatic hydroxyl groups is 1. The number of rotatable bonds is 4. The van der Waals surface area contributed by atoms with Crippen LogP contribution in [0.5, 0.6) is 11.5 Å². The van der Waals surface area contributed by atoms with Gasteiger partial charge in [-0.25, -0.2) is 4.39 Å². The van der Waals surface area contributed by atoms with Crippen LogP contribution in [0, 0.1) is 17.8 Å². The van der Waals surface area contributed by atoms with E-state index < -0.39 is 23.8 Å². The zero-order valence-corrected chi connectivity index (χ0v) is 21.6. The topological polar surface area (TPSA) is 73.2 Å². The number of ether oxygens (including phenoxy) is 1.